The first-order valence-electron chi connectivity index (χ1n) is 6.98. The number of nitrogens with one attached hydrogen (secondary N) is 1. The van der Waals surface area contributed by atoms with Crippen LogP contribution in [0.1, 0.15) is 19.4 Å². The van der Waals surface area contributed by atoms with Gasteiger partial charge in [-0.15, -0.1) is 0 Å². The third-order valence-corrected chi connectivity index (χ3v) is 2.81. The van der Waals surface area contributed by atoms with E-state index in [0.29, 0.717) is 24.7 Å². The van der Waals surface area contributed by atoms with Gasteiger partial charge < -0.3 is 16.8 Å². The van der Waals surface area contributed by atoms with Crippen LogP contribution in [-0.2, 0) is 16.1 Å². The Hall–Kier alpha value is -2.08. The highest BCUT2D eigenvalue weighted by molar-refractivity contribution is 5.80. The Labute approximate surface area is 125 Å². The second-order valence-corrected chi connectivity index (χ2v) is 5.55. The highest BCUT2D eigenvalue weighted by Gasteiger charge is 2.14. The van der Waals surface area contributed by atoms with E-state index in [4.69, 9.17) is 11.5 Å². The number of benzene rings is 1. The van der Waals surface area contributed by atoms with Gasteiger partial charge in [-0.05, 0) is 23.6 Å². The first-order chi connectivity index (χ1) is 9.86. The molecule has 5 N–H and O–H groups in total. The van der Waals surface area contributed by atoms with Crippen LogP contribution in [0.15, 0.2) is 24.3 Å². The maximum Gasteiger partial charge on any atom is 0.234 e. The second kappa shape index (κ2) is 8.26. The predicted octanol–water partition coefficient (Wildman–Crippen LogP) is 0.328. The lowest BCUT2D eigenvalue weighted by molar-refractivity contribution is -0.124. The van der Waals surface area contributed by atoms with Crippen molar-refractivity contribution in [2.45, 2.75) is 20.4 Å². The number of anilines is 1. The number of hydrogen-bond acceptors (Lipinski definition) is 4. The van der Waals surface area contributed by atoms with E-state index in [0.717, 1.165) is 5.56 Å². The van der Waals surface area contributed by atoms with Crippen molar-refractivity contribution < 1.29 is 9.59 Å². The number of nitrogens with two attached hydrogens (primary N) is 2. The molecule has 1 rings (SSSR count). The normalized spacial score (nSPS) is 10.9. The van der Waals surface area contributed by atoms with Gasteiger partial charge in [0.15, 0.2) is 0 Å². The van der Waals surface area contributed by atoms with Gasteiger partial charge in [0.05, 0.1) is 13.1 Å². The zero-order valence-electron chi connectivity index (χ0n) is 12.6. The molecule has 0 aliphatic rings. The fourth-order valence-electron chi connectivity index (χ4n) is 1.91. The smallest absolute Gasteiger partial charge is 0.234 e. The van der Waals surface area contributed by atoms with Crippen LogP contribution in [-0.4, -0.2) is 36.3 Å². The SMILES string of the molecule is CC(C)CNC(=O)CN(CC(N)=O)Cc1cccc(N)c1. The van der Waals surface area contributed by atoms with E-state index < -0.39 is 5.91 Å². The zero-order chi connectivity index (χ0) is 15.8. The molecule has 0 radical (unpaired) electrons. The van der Waals surface area contributed by atoms with E-state index in [1.165, 1.54) is 0 Å². The predicted molar refractivity (Wildman–Crippen MR) is 83.2 cm³/mol. The highest BCUT2D eigenvalue weighted by Crippen LogP contribution is 2.09. The molecule has 0 aliphatic carbocycles. The van der Waals surface area contributed by atoms with Crippen LogP contribution in [0.3, 0.4) is 0 Å². The molecule has 0 saturated carbocycles. The lowest BCUT2D eigenvalue weighted by atomic mass is 10.2. The van der Waals surface area contributed by atoms with Crippen LogP contribution >= 0.6 is 0 Å². The van der Waals surface area contributed by atoms with E-state index >= 15 is 0 Å². The standard InChI is InChI=1S/C15H24N4O2/c1-11(2)7-18-15(21)10-19(9-14(17)20)8-12-4-3-5-13(16)6-12/h3-6,11H,7-10,16H2,1-2H3,(H2,17,20)(H,18,21). The molecule has 2 amide bonds. The monoisotopic (exact) mass is 292 g/mol. The van der Waals surface area contributed by atoms with Gasteiger partial charge in [-0.2, -0.15) is 0 Å². The summed E-state index contributed by atoms with van der Waals surface area (Å²) in [5.41, 5.74) is 12.6. The average molecular weight is 292 g/mol. The number of carbonyl (C=O) groups excluding carboxylic acids is 2. The molecule has 0 unspecified atom stereocenters. The van der Waals surface area contributed by atoms with Gasteiger partial charge in [-0.3, -0.25) is 14.5 Å². The summed E-state index contributed by atoms with van der Waals surface area (Å²) < 4.78 is 0. The minimum absolute atomic E-state index is 0.0316. The third-order valence-electron chi connectivity index (χ3n) is 2.81. The number of nitrogens with zero attached hydrogens (tertiary/aromatic N) is 1. The molecular formula is C15H24N4O2. The zero-order valence-corrected chi connectivity index (χ0v) is 12.6. The fourth-order valence-corrected chi connectivity index (χ4v) is 1.91. The summed E-state index contributed by atoms with van der Waals surface area (Å²) >= 11 is 0. The van der Waals surface area contributed by atoms with Crippen molar-refractivity contribution in [3.8, 4) is 0 Å². The molecule has 0 fully saturated rings. The van der Waals surface area contributed by atoms with E-state index in [2.05, 4.69) is 5.32 Å². The minimum Gasteiger partial charge on any atom is -0.399 e. The number of rotatable bonds is 8. The fraction of sp³-hybridized carbons (Fsp3) is 0.467. The largest absolute Gasteiger partial charge is 0.399 e. The van der Waals surface area contributed by atoms with Gasteiger partial charge in [0.25, 0.3) is 0 Å². The number of carbonyl (C=O) groups is 2. The van der Waals surface area contributed by atoms with Crippen molar-refractivity contribution >= 4 is 17.5 Å². The highest BCUT2D eigenvalue weighted by atomic mass is 16.2. The molecule has 0 spiro atoms. The van der Waals surface area contributed by atoms with E-state index in [1.54, 1.807) is 11.0 Å². The van der Waals surface area contributed by atoms with Crippen molar-refractivity contribution in [2.75, 3.05) is 25.4 Å². The Kier molecular flexibility index (Phi) is 6.68. The van der Waals surface area contributed by atoms with Crippen LogP contribution in [0, 0.1) is 5.92 Å². The molecule has 116 valence electrons. The molecule has 21 heavy (non-hydrogen) atoms. The molecular weight excluding hydrogens is 268 g/mol. The third kappa shape index (κ3) is 7.31. The molecule has 0 bridgehead atoms. The molecule has 6 heteroatoms. The summed E-state index contributed by atoms with van der Waals surface area (Å²) in [6.07, 6.45) is 0. The number of primary amides is 1. The summed E-state index contributed by atoms with van der Waals surface area (Å²) in [6.45, 7) is 5.27. The molecule has 1 aromatic rings. The van der Waals surface area contributed by atoms with Gasteiger partial charge in [-0.25, -0.2) is 0 Å². The average Bonchev–Trinajstić information content (AvgIpc) is 2.35. The number of nitrogen functional groups attached to an aromatic ring is 1. The minimum atomic E-state index is -0.462. The van der Waals surface area contributed by atoms with Crippen molar-refractivity contribution in [2.24, 2.45) is 11.7 Å². The molecule has 0 aromatic heterocycles. The first kappa shape index (κ1) is 17.0. The molecule has 0 saturated heterocycles. The van der Waals surface area contributed by atoms with Crippen molar-refractivity contribution in [1.82, 2.24) is 10.2 Å². The van der Waals surface area contributed by atoms with Gasteiger partial charge in [-0.1, -0.05) is 26.0 Å². The van der Waals surface area contributed by atoms with Gasteiger partial charge in [0.1, 0.15) is 0 Å². The lowest BCUT2D eigenvalue weighted by Crippen LogP contribution is -2.41. The second-order valence-electron chi connectivity index (χ2n) is 5.55. The van der Waals surface area contributed by atoms with Crippen molar-refractivity contribution in [3.05, 3.63) is 29.8 Å². The maximum atomic E-state index is 11.9. The summed E-state index contributed by atoms with van der Waals surface area (Å²) in [5, 5.41) is 2.83. The molecule has 6 nitrogen and oxygen atoms in total. The van der Waals surface area contributed by atoms with Crippen LogP contribution in [0.5, 0.6) is 0 Å². The number of amides is 2. The van der Waals surface area contributed by atoms with Crippen LogP contribution in [0.2, 0.25) is 0 Å². The lowest BCUT2D eigenvalue weighted by Gasteiger charge is -2.20. The molecule has 1 aromatic carbocycles. The summed E-state index contributed by atoms with van der Waals surface area (Å²) in [5.74, 6) is -0.197. The van der Waals surface area contributed by atoms with Gasteiger partial charge in [0, 0.05) is 18.8 Å². The number of hydrogen-bond donors (Lipinski definition) is 3. The van der Waals surface area contributed by atoms with Crippen molar-refractivity contribution in [1.29, 1.82) is 0 Å². The first-order valence-corrected chi connectivity index (χ1v) is 6.98. The van der Waals surface area contributed by atoms with E-state index in [9.17, 15) is 9.59 Å². The Bertz CT molecular complexity index is 488. The van der Waals surface area contributed by atoms with Crippen LogP contribution in [0.4, 0.5) is 5.69 Å². The van der Waals surface area contributed by atoms with E-state index in [1.807, 2.05) is 32.0 Å². The summed E-state index contributed by atoms with van der Waals surface area (Å²) in [4.78, 5) is 24.7. The van der Waals surface area contributed by atoms with Crippen LogP contribution in [0.25, 0.3) is 0 Å². The molecule has 0 heterocycles. The summed E-state index contributed by atoms with van der Waals surface area (Å²) in [7, 11) is 0. The Morgan fingerprint density at radius 2 is 2.00 bits per heavy atom. The molecule has 0 atom stereocenters. The Morgan fingerprint density at radius 3 is 2.57 bits per heavy atom. The van der Waals surface area contributed by atoms with Gasteiger partial charge >= 0.3 is 0 Å². The quantitative estimate of drug-likeness (QED) is 0.601. The van der Waals surface area contributed by atoms with E-state index in [-0.39, 0.29) is 19.0 Å². The van der Waals surface area contributed by atoms with Crippen LogP contribution < -0.4 is 16.8 Å². The molecule has 0 aliphatic heterocycles. The summed E-state index contributed by atoms with van der Waals surface area (Å²) in [6, 6.07) is 7.35. The Balaban J connectivity index is 2.63. The Morgan fingerprint density at radius 1 is 1.29 bits per heavy atom. The maximum absolute atomic E-state index is 11.9. The van der Waals surface area contributed by atoms with Gasteiger partial charge in [0.2, 0.25) is 11.8 Å². The van der Waals surface area contributed by atoms with Crippen molar-refractivity contribution in [3.63, 3.8) is 0 Å². The topological polar surface area (TPSA) is 101 Å².